The van der Waals surface area contributed by atoms with Crippen LogP contribution in [0.3, 0.4) is 0 Å². The molecule has 1 aromatic carbocycles. The summed E-state index contributed by atoms with van der Waals surface area (Å²) in [6, 6.07) is 6.68. The Bertz CT molecular complexity index is 553. The van der Waals surface area contributed by atoms with Crippen molar-refractivity contribution in [3.63, 3.8) is 0 Å². The fourth-order valence-corrected chi connectivity index (χ4v) is 1.66. The van der Waals surface area contributed by atoms with Crippen molar-refractivity contribution in [3.05, 3.63) is 47.5 Å². The van der Waals surface area contributed by atoms with Gasteiger partial charge in [-0.15, -0.1) is 0 Å². The standard InChI is InChI=1S/C12H13ClN4O/c1-17-6-5-14-11(17)8-15-12(18)16-10-4-2-3-9(13)7-10/h2-7H,8H2,1H3,(H2,15,16,18). The van der Waals surface area contributed by atoms with Gasteiger partial charge in [-0.05, 0) is 18.2 Å². The molecule has 2 amide bonds. The zero-order valence-electron chi connectivity index (χ0n) is 9.85. The lowest BCUT2D eigenvalue weighted by molar-refractivity contribution is 0.251. The highest BCUT2D eigenvalue weighted by molar-refractivity contribution is 6.30. The Morgan fingerprint density at radius 1 is 1.50 bits per heavy atom. The van der Waals surface area contributed by atoms with Crippen LogP contribution in [0.25, 0.3) is 0 Å². The molecule has 18 heavy (non-hydrogen) atoms. The van der Waals surface area contributed by atoms with Crippen molar-refractivity contribution in [1.29, 1.82) is 0 Å². The van der Waals surface area contributed by atoms with Crippen LogP contribution in [0.4, 0.5) is 10.5 Å². The molecule has 0 aliphatic rings. The summed E-state index contributed by atoms with van der Waals surface area (Å²) in [5, 5.41) is 5.99. The molecule has 2 N–H and O–H groups in total. The summed E-state index contributed by atoms with van der Waals surface area (Å²) >= 11 is 5.82. The quantitative estimate of drug-likeness (QED) is 0.894. The van der Waals surface area contributed by atoms with Gasteiger partial charge >= 0.3 is 6.03 Å². The minimum Gasteiger partial charge on any atom is -0.337 e. The first-order chi connectivity index (χ1) is 8.65. The van der Waals surface area contributed by atoms with Crippen molar-refractivity contribution in [2.45, 2.75) is 6.54 Å². The number of rotatable bonds is 3. The maximum absolute atomic E-state index is 11.6. The number of aromatic nitrogens is 2. The molecule has 0 aliphatic heterocycles. The van der Waals surface area contributed by atoms with Crippen molar-refractivity contribution in [1.82, 2.24) is 14.9 Å². The Morgan fingerprint density at radius 3 is 3.00 bits per heavy atom. The zero-order valence-corrected chi connectivity index (χ0v) is 10.6. The van der Waals surface area contributed by atoms with Gasteiger partial charge in [0.2, 0.25) is 0 Å². The Morgan fingerprint density at radius 2 is 2.33 bits per heavy atom. The molecule has 0 unspecified atom stereocenters. The highest BCUT2D eigenvalue weighted by Crippen LogP contribution is 2.14. The number of urea groups is 1. The van der Waals surface area contributed by atoms with Crippen molar-refractivity contribution < 1.29 is 4.79 Å². The fraction of sp³-hybridized carbons (Fsp3) is 0.167. The van der Waals surface area contributed by atoms with E-state index in [2.05, 4.69) is 15.6 Å². The highest BCUT2D eigenvalue weighted by atomic mass is 35.5. The third kappa shape index (κ3) is 3.24. The molecule has 1 aromatic heterocycles. The van der Waals surface area contributed by atoms with Crippen molar-refractivity contribution >= 4 is 23.3 Å². The third-order valence-electron chi connectivity index (χ3n) is 2.41. The normalized spacial score (nSPS) is 10.1. The molecule has 94 valence electrons. The smallest absolute Gasteiger partial charge is 0.319 e. The molecule has 2 aromatic rings. The van der Waals surface area contributed by atoms with Crippen LogP contribution in [-0.2, 0) is 13.6 Å². The Balaban J connectivity index is 1.88. The predicted molar refractivity (Wildman–Crippen MR) is 70.5 cm³/mol. The first-order valence-corrected chi connectivity index (χ1v) is 5.79. The Labute approximate surface area is 110 Å². The number of hydrogen-bond donors (Lipinski definition) is 2. The highest BCUT2D eigenvalue weighted by Gasteiger charge is 2.04. The van der Waals surface area contributed by atoms with Gasteiger partial charge in [0.1, 0.15) is 5.82 Å². The molecule has 0 spiro atoms. The second-order valence-electron chi connectivity index (χ2n) is 3.77. The Hall–Kier alpha value is -2.01. The van der Waals surface area contributed by atoms with Crippen LogP contribution < -0.4 is 10.6 Å². The molecular formula is C12H13ClN4O. The minimum absolute atomic E-state index is 0.291. The van der Waals surface area contributed by atoms with Gasteiger partial charge in [-0.1, -0.05) is 17.7 Å². The number of aryl methyl sites for hydroxylation is 1. The van der Waals surface area contributed by atoms with Crippen LogP contribution in [0, 0.1) is 0 Å². The van der Waals surface area contributed by atoms with Gasteiger partial charge in [-0.2, -0.15) is 0 Å². The SMILES string of the molecule is Cn1ccnc1CNC(=O)Nc1cccc(Cl)c1. The molecule has 6 heteroatoms. The van der Waals surface area contributed by atoms with E-state index in [9.17, 15) is 4.79 Å². The van der Waals surface area contributed by atoms with Gasteiger partial charge in [-0.3, -0.25) is 0 Å². The van der Waals surface area contributed by atoms with E-state index < -0.39 is 0 Å². The number of nitrogens with zero attached hydrogens (tertiary/aromatic N) is 2. The number of hydrogen-bond acceptors (Lipinski definition) is 2. The molecule has 1 heterocycles. The van der Waals surface area contributed by atoms with E-state index in [1.54, 1.807) is 30.5 Å². The summed E-state index contributed by atoms with van der Waals surface area (Å²) in [6.45, 7) is 0.371. The molecule has 0 fully saturated rings. The summed E-state index contributed by atoms with van der Waals surface area (Å²) in [5.41, 5.74) is 0.653. The van der Waals surface area contributed by atoms with Crippen LogP contribution >= 0.6 is 11.6 Å². The van der Waals surface area contributed by atoms with E-state index in [1.807, 2.05) is 17.8 Å². The van der Waals surface area contributed by atoms with E-state index in [-0.39, 0.29) is 6.03 Å². The number of anilines is 1. The van der Waals surface area contributed by atoms with Crippen molar-refractivity contribution in [2.75, 3.05) is 5.32 Å². The van der Waals surface area contributed by atoms with Gasteiger partial charge < -0.3 is 15.2 Å². The molecule has 2 rings (SSSR count). The van der Waals surface area contributed by atoms with Gasteiger partial charge in [-0.25, -0.2) is 9.78 Å². The van der Waals surface area contributed by atoms with Crippen molar-refractivity contribution in [3.8, 4) is 0 Å². The van der Waals surface area contributed by atoms with Crippen molar-refractivity contribution in [2.24, 2.45) is 7.05 Å². The summed E-state index contributed by atoms with van der Waals surface area (Å²) in [5.74, 6) is 0.788. The Kier molecular flexibility index (Phi) is 3.84. The van der Waals surface area contributed by atoms with Gasteiger partial charge in [0, 0.05) is 30.2 Å². The van der Waals surface area contributed by atoms with E-state index in [4.69, 9.17) is 11.6 Å². The number of carbonyl (C=O) groups is 1. The number of imidazole rings is 1. The van der Waals surface area contributed by atoms with Gasteiger partial charge in [0.25, 0.3) is 0 Å². The molecule has 0 aliphatic carbocycles. The van der Waals surface area contributed by atoms with Crippen LogP contribution in [0.2, 0.25) is 5.02 Å². The average molecular weight is 265 g/mol. The summed E-state index contributed by atoms with van der Waals surface area (Å²) in [4.78, 5) is 15.7. The first kappa shape index (κ1) is 12.4. The number of amides is 2. The first-order valence-electron chi connectivity index (χ1n) is 5.42. The largest absolute Gasteiger partial charge is 0.337 e. The van der Waals surface area contributed by atoms with Crippen LogP contribution in [0.15, 0.2) is 36.7 Å². The molecule has 0 radical (unpaired) electrons. The average Bonchev–Trinajstić information content (AvgIpc) is 2.72. The molecule has 5 nitrogen and oxygen atoms in total. The number of benzene rings is 1. The maximum Gasteiger partial charge on any atom is 0.319 e. The van der Waals surface area contributed by atoms with E-state index >= 15 is 0 Å². The minimum atomic E-state index is -0.291. The lowest BCUT2D eigenvalue weighted by Gasteiger charge is -2.07. The van der Waals surface area contributed by atoms with Crippen LogP contribution in [0.1, 0.15) is 5.82 Å². The van der Waals surface area contributed by atoms with Crippen LogP contribution in [-0.4, -0.2) is 15.6 Å². The molecular weight excluding hydrogens is 252 g/mol. The molecule has 0 bridgehead atoms. The lowest BCUT2D eigenvalue weighted by Crippen LogP contribution is -2.29. The monoisotopic (exact) mass is 264 g/mol. The number of carbonyl (C=O) groups excluding carboxylic acids is 1. The number of nitrogens with one attached hydrogen (secondary N) is 2. The predicted octanol–water partition coefficient (Wildman–Crippen LogP) is 2.40. The summed E-state index contributed by atoms with van der Waals surface area (Å²) in [6.07, 6.45) is 3.51. The van der Waals surface area contributed by atoms with E-state index in [0.717, 1.165) is 5.82 Å². The van der Waals surface area contributed by atoms with Gasteiger partial charge in [0.05, 0.1) is 6.54 Å². The van der Waals surface area contributed by atoms with E-state index in [1.165, 1.54) is 0 Å². The third-order valence-corrected chi connectivity index (χ3v) is 2.65. The second-order valence-corrected chi connectivity index (χ2v) is 4.21. The second kappa shape index (κ2) is 5.55. The summed E-state index contributed by atoms with van der Waals surface area (Å²) < 4.78 is 1.85. The van der Waals surface area contributed by atoms with Gasteiger partial charge in [0.15, 0.2) is 0 Å². The lowest BCUT2D eigenvalue weighted by atomic mass is 10.3. The zero-order chi connectivity index (χ0) is 13.0. The topological polar surface area (TPSA) is 59.0 Å². The van der Waals surface area contributed by atoms with E-state index in [0.29, 0.717) is 17.3 Å². The molecule has 0 saturated heterocycles. The summed E-state index contributed by atoms with van der Waals surface area (Å²) in [7, 11) is 1.87. The maximum atomic E-state index is 11.6. The number of halogens is 1. The molecule has 0 atom stereocenters. The molecule has 0 saturated carbocycles. The van der Waals surface area contributed by atoms with Crippen LogP contribution in [0.5, 0.6) is 0 Å². The fourth-order valence-electron chi connectivity index (χ4n) is 1.47.